The van der Waals surface area contributed by atoms with Gasteiger partial charge in [-0.05, 0) is 55.3 Å². The molecule has 1 fully saturated rings. The summed E-state index contributed by atoms with van der Waals surface area (Å²) in [6, 6.07) is 9.56. The molecule has 118 valence electrons. The van der Waals surface area contributed by atoms with Crippen LogP contribution in [-0.4, -0.2) is 17.9 Å². The highest BCUT2D eigenvalue weighted by molar-refractivity contribution is 6.04. The molecule has 0 radical (unpaired) electrons. The molecular weight excluding hydrogens is 302 g/mol. The van der Waals surface area contributed by atoms with Crippen LogP contribution in [0.4, 0.5) is 14.5 Å². The van der Waals surface area contributed by atoms with Crippen LogP contribution in [-0.2, 0) is 0 Å². The summed E-state index contributed by atoms with van der Waals surface area (Å²) in [7, 11) is 0. The zero-order valence-corrected chi connectivity index (χ0v) is 12.1. The minimum atomic E-state index is -1.08. The molecule has 2 aromatic carbocycles. The van der Waals surface area contributed by atoms with Crippen molar-refractivity contribution >= 4 is 17.5 Å². The summed E-state index contributed by atoms with van der Waals surface area (Å²) >= 11 is 0. The Bertz CT molecular complexity index is 756. The standard InChI is InChI=1S/C17H14F2N2O2/c18-14-8-3-11(9-15(14)19)17(23)21-12-4-1-10(2-5-12)16(22)20-13-6-7-13/h1-5,8-9,13H,6-7H2,(H,20,22)(H,21,23). The largest absolute Gasteiger partial charge is 0.349 e. The Morgan fingerprint density at radius 1 is 0.870 bits per heavy atom. The first kappa shape index (κ1) is 15.1. The van der Waals surface area contributed by atoms with Crippen LogP contribution >= 0.6 is 0 Å². The third kappa shape index (κ3) is 3.71. The monoisotopic (exact) mass is 316 g/mol. The Balaban J connectivity index is 1.66. The van der Waals surface area contributed by atoms with Gasteiger partial charge in [0.1, 0.15) is 0 Å². The number of benzene rings is 2. The summed E-state index contributed by atoms with van der Waals surface area (Å²) in [5.41, 5.74) is 0.977. The van der Waals surface area contributed by atoms with Crippen LogP contribution in [0.5, 0.6) is 0 Å². The fraction of sp³-hybridized carbons (Fsp3) is 0.176. The molecule has 0 aliphatic heterocycles. The topological polar surface area (TPSA) is 58.2 Å². The highest BCUT2D eigenvalue weighted by atomic mass is 19.2. The maximum absolute atomic E-state index is 13.1. The number of anilines is 1. The van der Waals surface area contributed by atoms with E-state index in [1.807, 2.05) is 0 Å². The molecule has 0 aromatic heterocycles. The second kappa shape index (κ2) is 6.16. The quantitative estimate of drug-likeness (QED) is 0.910. The van der Waals surface area contributed by atoms with Crippen molar-refractivity contribution in [1.82, 2.24) is 5.32 Å². The smallest absolute Gasteiger partial charge is 0.255 e. The molecule has 0 heterocycles. The van der Waals surface area contributed by atoms with E-state index in [4.69, 9.17) is 0 Å². The number of hydrogen-bond donors (Lipinski definition) is 2. The van der Waals surface area contributed by atoms with Gasteiger partial charge in [-0.3, -0.25) is 9.59 Å². The van der Waals surface area contributed by atoms with Gasteiger partial charge in [0.15, 0.2) is 11.6 Å². The van der Waals surface area contributed by atoms with Gasteiger partial charge in [0.2, 0.25) is 0 Å². The van der Waals surface area contributed by atoms with Gasteiger partial charge >= 0.3 is 0 Å². The van der Waals surface area contributed by atoms with Gasteiger partial charge in [-0.15, -0.1) is 0 Å². The summed E-state index contributed by atoms with van der Waals surface area (Å²) < 4.78 is 26.0. The first-order chi connectivity index (χ1) is 11.0. The molecule has 1 aliphatic carbocycles. The van der Waals surface area contributed by atoms with Gasteiger partial charge < -0.3 is 10.6 Å². The maximum Gasteiger partial charge on any atom is 0.255 e. The zero-order valence-electron chi connectivity index (χ0n) is 12.1. The van der Waals surface area contributed by atoms with E-state index in [1.54, 1.807) is 24.3 Å². The Kier molecular flexibility index (Phi) is 4.06. The maximum atomic E-state index is 13.1. The highest BCUT2D eigenvalue weighted by Gasteiger charge is 2.23. The molecule has 4 nitrogen and oxygen atoms in total. The van der Waals surface area contributed by atoms with Gasteiger partial charge in [0.05, 0.1) is 0 Å². The molecule has 1 saturated carbocycles. The molecule has 0 unspecified atom stereocenters. The summed E-state index contributed by atoms with van der Waals surface area (Å²) in [4.78, 5) is 23.8. The summed E-state index contributed by atoms with van der Waals surface area (Å²) in [5.74, 6) is -2.79. The Hall–Kier alpha value is -2.76. The van der Waals surface area contributed by atoms with E-state index >= 15 is 0 Å². The number of rotatable bonds is 4. The predicted octanol–water partition coefficient (Wildman–Crippen LogP) is 3.11. The molecule has 0 bridgehead atoms. The van der Waals surface area contributed by atoms with Crippen LogP contribution in [0.3, 0.4) is 0 Å². The first-order valence-electron chi connectivity index (χ1n) is 7.20. The van der Waals surface area contributed by atoms with Crippen molar-refractivity contribution in [3.63, 3.8) is 0 Å². The molecule has 2 aromatic rings. The second-order valence-corrected chi connectivity index (χ2v) is 5.41. The zero-order chi connectivity index (χ0) is 16.4. The van der Waals surface area contributed by atoms with Gasteiger partial charge in [0.25, 0.3) is 11.8 Å². The Labute approximate surface area is 131 Å². The third-order valence-corrected chi connectivity index (χ3v) is 3.50. The minimum absolute atomic E-state index is 0.0134. The van der Waals surface area contributed by atoms with Gasteiger partial charge in [-0.25, -0.2) is 8.78 Å². The van der Waals surface area contributed by atoms with Crippen molar-refractivity contribution in [3.05, 3.63) is 65.2 Å². The number of amides is 2. The fourth-order valence-corrected chi connectivity index (χ4v) is 2.04. The van der Waals surface area contributed by atoms with Crippen LogP contribution < -0.4 is 10.6 Å². The average molecular weight is 316 g/mol. The number of hydrogen-bond acceptors (Lipinski definition) is 2. The lowest BCUT2D eigenvalue weighted by Crippen LogP contribution is -2.25. The molecular formula is C17H14F2N2O2. The lowest BCUT2D eigenvalue weighted by molar-refractivity contribution is 0.0950. The number of nitrogens with one attached hydrogen (secondary N) is 2. The minimum Gasteiger partial charge on any atom is -0.349 e. The van der Waals surface area contributed by atoms with E-state index in [-0.39, 0.29) is 17.5 Å². The van der Waals surface area contributed by atoms with Gasteiger partial charge in [0, 0.05) is 22.9 Å². The first-order valence-corrected chi connectivity index (χ1v) is 7.20. The molecule has 1 aliphatic rings. The molecule has 2 N–H and O–H groups in total. The molecule has 3 rings (SSSR count). The molecule has 6 heteroatoms. The van der Waals surface area contributed by atoms with Crippen molar-refractivity contribution in [1.29, 1.82) is 0 Å². The van der Waals surface area contributed by atoms with Crippen LogP contribution in [0.15, 0.2) is 42.5 Å². The third-order valence-electron chi connectivity index (χ3n) is 3.50. The van der Waals surface area contributed by atoms with Crippen molar-refractivity contribution in [3.8, 4) is 0 Å². The van der Waals surface area contributed by atoms with Crippen LogP contribution in [0.1, 0.15) is 33.6 Å². The Morgan fingerprint density at radius 3 is 2.13 bits per heavy atom. The SMILES string of the molecule is O=C(Nc1ccc(C(=O)NC2CC2)cc1)c1ccc(F)c(F)c1. The van der Waals surface area contributed by atoms with E-state index in [0.717, 1.165) is 25.0 Å². The van der Waals surface area contributed by atoms with E-state index in [0.29, 0.717) is 11.3 Å². The van der Waals surface area contributed by atoms with Gasteiger partial charge in [-0.2, -0.15) is 0 Å². The Morgan fingerprint density at radius 2 is 1.52 bits per heavy atom. The number of carbonyl (C=O) groups is 2. The van der Waals surface area contributed by atoms with E-state index in [9.17, 15) is 18.4 Å². The van der Waals surface area contributed by atoms with Gasteiger partial charge in [-0.1, -0.05) is 0 Å². The van der Waals surface area contributed by atoms with E-state index in [2.05, 4.69) is 10.6 Å². The van der Waals surface area contributed by atoms with Crippen molar-refractivity contribution in [2.24, 2.45) is 0 Å². The normalized spacial score (nSPS) is 13.5. The molecule has 0 atom stereocenters. The molecule has 0 saturated heterocycles. The summed E-state index contributed by atoms with van der Waals surface area (Å²) in [6.07, 6.45) is 2.02. The number of halogens is 2. The highest BCUT2D eigenvalue weighted by Crippen LogP contribution is 2.20. The lowest BCUT2D eigenvalue weighted by Gasteiger charge is -2.07. The number of carbonyl (C=O) groups excluding carboxylic acids is 2. The van der Waals surface area contributed by atoms with Crippen molar-refractivity contribution in [2.75, 3.05) is 5.32 Å². The molecule has 23 heavy (non-hydrogen) atoms. The van der Waals surface area contributed by atoms with Crippen molar-refractivity contribution < 1.29 is 18.4 Å². The average Bonchev–Trinajstić information content (AvgIpc) is 3.34. The predicted molar refractivity (Wildman–Crippen MR) is 81.2 cm³/mol. The summed E-state index contributed by atoms with van der Waals surface area (Å²) in [5, 5.41) is 5.43. The van der Waals surface area contributed by atoms with Crippen molar-refractivity contribution in [2.45, 2.75) is 18.9 Å². The lowest BCUT2D eigenvalue weighted by atomic mass is 10.1. The van der Waals surface area contributed by atoms with E-state index < -0.39 is 17.5 Å². The molecule has 0 spiro atoms. The second-order valence-electron chi connectivity index (χ2n) is 5.41. The van der Waals surface area contributed by atoms with Crippen LogP contribution in [0, 0.1) is 11.6 Å². The summed E-state index contributed by atoms with van der Waals surface area (Å²) in [6.45, 7) is 0. The molecule has 2 amide bonds. The van der Waals surface area contributed by atoms with E-state index in [1.165, 1.54) is 6.07 Å². The van der Waals surface area contributed by atoms with Crippen LogP contribution in [0.2, 0.25) is 0 Å². The van der Waals surface area contributed by atoms with Crippen LogP contribution in [0.25, 0.3) is 0 Å². The fourth-order valence-electron chi connectivity index (χ4n) is 2.04.